The number of aliphatic hydroxyl groups excluding tert-OH is 1. The Hall–Kier alpha value is -2.45. The highest BCUT2D eigenvalue weighted by Gasteiger charge is 2.77. The first-order valence-electron chi connectivity index (χ1n) is 10.4. The van der Waals surface area contributed by atoms with E-state index >= 15 is 0 Å². The zero-order valence-corrected chi connectivity index (χ0v) is 17.8. The topological polar surface area (TPSA) is 108 Å². The van der Waals surface area contributed by atoms with Gasteiger partial charge in [0.25, 0.3) is 0 Å². The minimum absolute atomic E-state index is 0.0164. The second-order valence-electron chi connectivity index (χ2n) is 8.90. The van der Waals surface area contributed by atoms with E-state index in [-0.39, 0.29) is 30.9 Å². The van der Waals surface area contributed by atoms with Crippen molar-refractivity contribution >= 4 is 23.4 Å². The molecule has 4 rings (SSSR count). The van der Waals surface area contributed by atoms with E-state index in [2.05, 4.69) is 10.6 Å². The zero-order chi connectivity index (χ0) is 21.8. The van der Waals surface area contributed by atoms with Crippen molar-refractivity contribution < 1.29 is 24.2 Å². The van der Waals surface area contributed by atoms with Crippen molar-refractivity contribution in [3.8, 4) is 0 Å². The number of ether oxygens (including phenoxy) is 1. The number of carbonyl (C=O) groups is 3. The number of likely N-dealkylation sites (tertiary alicyclic amines) is 1. The lowest BCUT2D eigenvalue weighted by molar-refractivity contribution is -0.144. The van der Waals surface area contributed by atoms with Crippen LogP contribution in [0.25, 0.3) is 0 Å². The Labute approximate surface area is 176 Å². The standard InChI is InChI=1S/C22H29N3O5/c1-12-5-6-13(2)14(11-12)24-19(28)17-22-8-7-21(3,30-22)15(18(27)23-4)16(22)20(29)25(17)9-10-26/h5-6,11,15-17,26H,7-10H2,1-4H3,(H,23,27)(H,24,28)/t15-,16-,17?,21+,22?/m0/s1. The number of benzene rings is 1. The van der Waals surface area contributed by atoms with Crippen LogP contribution in [0.4, 0.5) is 5.69 Å². The molecule has 0 saturated carbocycles. The maximum atomic E-state index is 13.5. The first kappa shape index (κ1) is 20.8. The summed E-state index contributed by atoms with van der Waals surface area (Å²) in [6.45, 7) is 5.44. The number of rotatable bonds is 5. The van der Waals surface area contributed by atoms with E-state index in [1.165, 1.54) is 4.90 Å². The Morgan fingerprint density at radius 1 is 1.27 bits per heavy atom. The molecule has 1 aromatic rings. The van der Waals surface area contributed by atoms with Crippen molar-refractivity contribution in [1.82, 2.24) is 10.2 Å². The van der Waals surface area contributed by atoms with Gasteiger partial charge in [0.1, 0.15) is 11.6 Å². The lowest BCUT2D eigenvalue weighted by Crippen LogP contribution is -2.53. The van der Waals surface area contributed by atoms with Gasteiger partial charge in [-0.3, -0.25) is 14.4 Å². The van der Waals surface area contributed by atoms with Crippen LogP contribution < -0.4 is 10.6 Å². The number of β-amino-alcohol motifs (C(OH)–C–C–N with tert-alkyl or cyclic N) is 1. The van der Waals surface area contributed by atoms with Gasteiger partial charge in [0, 0.05) is 19.3 Å². The highest BCUT2D eigenvalue weighted by molar-refractivity contribution is 6.04. The Bertz CT molecular complexity index is 918. The molecule has 162 valence electrons. The van der Waals surface area contributed by atoms with Crippen molar-refractivity contribution in [3.05, 3.63) is 29.3 Å². The van der Waals surface area contributed by atoms with Crippen LogP contribution in [0.15, 0.2) is 18.2 Å². The molecule has 3 N–H and O–H groups in total. The first-order chi connectivity index (χ1) is 14.2. The smallest absolute Gasteiger partial charge is 0.250 e. The van der Waals surface area contributed by atoms with Gasteiger partial charge in [-0.15, -0.1) is 0 Å². The predicted molar refractivity (Wildman–Crippen MR) is 110 cm³/mol. The first-order valence-corrected chi connectivity index (χ1v) is 10.4. The number of anilines is 1. The fourth-order valence-electron chi connectivity index (χ4n) is 5.70. The van der Waals surface area contributed by atoms with E-state index in [4.69, 9.17) is 4.74 Å². The number of carbonyl (C=O) groups excluding carboxylic acids is 3. The third kappa shape index (κ3) is 2.77. The van der Waals surface area contributed by atoms with Gasteiger partial charge < -0.3 is 25.4 Å². The number of fused-ring (bicyclic) bond motifs is 1. The normalized spacial score (nSPS) is 34.2. The Morgan fingerprint density at radius 3 is 2.67 bits per heavy atom. The lowest BCUT2D eigenvalue weighted by atomic mass is 9.66. The number of hydrogen-bond donors (Lipinski definition) is 3. The van der Waals surface area contributed by atoms with Crippen molar-refractivity contribution in [2.45, 2.75) is 50.9 Å². The molecule has 3 heterocycles. The van der Waals surface area contributed by atoms with Gasteiger partial charge in [-0.2, -0.15) is 0 Å². The fraction of sp³-hybridized carbons (Fsp3) is 0.591. The average Bonchev–Trinajstić information content (AvgIpc) is 3.26. The van der Waals surface area contributed by atoms with Gasteiger partial charge in [-0.05, 0) is 50.8 Å². The summed E-state index contributed by atoms with van der Waals surface area (Å²) < 4.78 is 6.41. The third-order valence-electron chi connectivity index (χ3n) is 7.05. The molecule has 8 heteroatoms. The predicted octanol–water partition coefficient (Wildman–Crippen LogP) is 0.745. The molecule has 3 fully saturated rings. The van der Waals surface area contributed by atoms with Crippen LogP contribution in [0.2, 0.25) is 0 Å². The third-order valence-corrected chi connectivity index (χ3v) is 7.05. The van der Waals surface area contributed by atoms with Crippen LogP contribution in [0, 0.1) is 25.7 Å². The number of nitrogens with zero attached hydrogens (tertiary/aromatic N) is 1. The number of aliphatic hydroxyl groups is 1. The molecule has 1 aromatic carbocycles. The van der Waals surface area contributed by atoms with Gasteiger partial charge in [0.05, 0.1) is 24.0 Å². The van der Waals surface area contributed by atoms with Crippen molar-refractivity contribution in [2.24, 2.45) is 11.8 Å². The Balaban J connectivity index is 1.74. The van der Waals surface area contributed by atoms with Gasteiger partial charge in [-0.25, -0.2) is 0 Å². The summed E-state index contributed by atoms with van der Waals surface area (Å²) in [5, 5.41) is 15.2. The Morgan fingerprint density at radius 2 is 2.00 bits per heavy atom. The molecule has 2 bridgehead atoms. The van der Waals surface area contributed by atoms with Gasteiger partial charge in [-0.1, -0.05) is 12.1 Å². The van der Waals surface area contributed by atoms with Crippen LogP contribution in [-0.4, -0.2) is 65.2 Å². The summed E-state index contributed by atoms with van der Waals surface area (Å²) in [7, 11) is 1.54. The molecule has 0 aliphatic carbocycles. The van der Waals surface area contributed by atoms with E-state index in [0.717, 1.165) is 11.1 Å². The molecule has 8 nitrogen and oxygen atoms in total. The van der Waals surface area contributed by atoms with E-state index in [1.807, 2.05) is 39.0 Å². The number of amides is 3. The quantitative estimate of drug-likeness (QED) is 0.658. The molecule has 2 unspecified atom stereocenters. The fourth-order valence-corrected chi connectivity index (χ4v) is 5.70. The second kappa shape index (κ2) is 7.06. The Kier molecular flexibility index (Phi) is 4.90. The molecule has 3 amide bonds. The van der Waals surface area contributed by atoms with E-state index in [1.54, 1.807) is 7.05 Å². The summed E-state index contributed by atoms with van der Waals surface area (Å²) >= 11 is 0. The highest BCUT2D eigenvalue weighted by atomic mass is 16.5. The molecular weight excluding hydrogens is 386 g/mol. The number of aryl methyl sites for hydroxylation is 2. The van der Waals surface area contributed by atoms with E-state index < -0.39 is 29.1 Å². The average molecular weight is 415 g/mol. The zero-order valence-electron chi connectivity index (χ0n) is 17.8. The molecular formula is C22H29N3O5. The summed E-state index contributed by atoms with van der Waals surface area (Å²) in [6.07, 6.45) is 1.11. The number of nitrogens with one attached hydrogen (secondary N) is 2. The molecule has 30 heavy (non-hydrogen) atoms. The molecule has 3 aliphatic heterocycles. The SMILES string of the molecule is CNC(=O)[C@@H]1[C@H]2C(=O)N(CCO)C(C(=O)Nc3cc(C)ccc3C)C23CC[C@@]1(C)O3. The summed E-state index contributed by atoms with van der Waals surface area (Å²) in [4.78, 5) is 41.0. The van der Waals surface area contributed by atoms with Gasteiger partial charge in [0.2, 0.25) is 17.7 Å². The summed E-state index contributed by atoms with van der Waals surface area (Å²) in [6, 6.07) is 4.88. The second-order valence-corrected chi connectivity index (χ2v) is 8.90. The lowest BCUT2D eigenvalue weighted by Gasteiger charge is -2.33. The van der Waals surface area contributed by atoms with Crippen LogP contribution >= 0.6 is 0 Å². The number of hydrogen-bond acceptors (Lipinski definition) is 5. The minimum atomic E-state index is -1.07. The minimum Gasteiger partial charge on any atom is -0.395 e. The maximum Gasteiger partial charge on any atom is 0.250 e. The molecule has 0 radical (unpaired) electrons. The van der Waals surface area contributed by atoms with Crippen LogP contribution in [0.1, 0.15) is 30.9 Å². The molecule has 3 saturated heterocycles. The van der Waals surface area contributed by atoms with E-state index in [9.17, 15) is 19.5 Å². The molecule has 0 aromatic heterocycles. The maximum absolute atomic E-state index is 13.5. The monoisotopic (exact) mass is 415 g/mol. The van der Waals surface area contributed by atoms with Crippen molar-refractivity contribution in [1.29, 1.82) is 0 Å². The van der Waals surface area contributed by atoms with Crippen LogP contribution in [0.3, 0.4) is 0 Å². The summed E-state index contributed by atoms with van der Waals surface area (Å²) in [5.41, 5.74) is 0.737. The highest BCUT2D eigenvalue weighted by Crippen LogP contribution is 2.63. The van der Waals surface area contributed by atoms with E-state index in [0.29, 0.717) is 18.5 Å². The van der Waals surface area contributed by atoms with Crippen LogP contribution in [-0.2, 0) is 19.1 Å². The summed E-state index contributed by atoms with van der Waals surface area (Å²) in [5.74, 6) is -2.31. The van der Waals surface area contributed by atoms with Gasteiger partial charge >= 0.3 is 0 Å². The van der Waals surface area contributed by atoms with Crippen LogP contribution in [0.5, 0.6) is 0 Å². The molecule has 5 atom stereocenters. The van der Waals surface area contributed by atoms with Crippen molar-refractivity contribution in [3.63, 3.8) is 0 Å². The molecule has 1 spiro atoms. The van der Waals surface area contributed by atoms with Gasteiger partial charge in [0.15, 0.2) is 0 Å². The molecule has 3 aliphatic rings. The largest absolute Gasteiger partial charge is 0.395 e. The van der Waals surface area contributed by atoms with Crippen molar-refractivity contribution in [2.75, 3.05) is 25.5 Å².